The van der Waals surface area contributed by atoms with Crippen LogP contribution in [0.5, 0.6) is 5.75 Å². The van der Waals surface area contributed by atoms with Crippen molar-refractivity contribution in [3.05, 3.63) is 30.1 Å². The minimum atomic E-state index is -0.305. The first-order chi connectivity index (χ1) is 7.24. The van der Waals surface area contributed by atoms with E-state index in [1.165, 1.54) is 6.07 Å². The molecule has 15 heavy (non-hydrogen) atoms. The molecule has 1 N–H and O–H groups in total. The number of para-hydroxylation sites is 1. The van der Waals surface area contributed by atoms with Crippen LogP contribution in [0.2, 0.25) is 0 Å². The summed E-state index contributed by atoms with van der Waals surface area (Å²) in [6, 6.07) is 6.94. The number of ether oxygens (including phenoxy) is 1. The molecular weight excluding hydrogens is 193 g/mol. The van der Waals surface area contributed by atoms with Crippen LogP contribution >= 0.6 is 0 Å². The van der Waals surface area contributed by atoms with E-state index in [0.717, 1.165) is 13.0 Å². The highest BCUT2D eigenvalue weighted by Crippen LogP contribution is 2.14. The van der Waals surface area contributed by atoms with Crippen molar-refractivity contribution in [2.45, 2.75) is 26.3 Å². The van der Waals surface area contributed by atoms with Crippen LogP contribution in [0.15, 0.2) is 24.3 Å². The van der Waals surface area contributed by atoms with Crippen molar-refractivity contribution in [2.75, 3.05) is 13.2 Å². The average Bonchev–Trinajstić information content (AvgIpc) is 2.26. The zero-order valence-electron chi connectivity index (χ0n) is 9.29. The monoisotopic (exact) mass is 211 g/mol. The van der Waals surface area contributed by atoms with Crippen LogP contribution in [-0.4, -0.2) is 19.2 Å². The normalized spacial score (nSPS) is 12.5. The molecule has 2 nitrogen and oxygen atoms in total. The summed E-state index contributed by atoms with van der Waals surface area (Å²) in [4.78, 5) is 0. The van der Waals surface area contributed by atoms with Gasteiger partial charge in [0.15, 0.2) is 11.6 Å². The van der Waals surface area contributed by atoms with Gasteiger partial charge in [-0.25, -0.2) is 4.39 Å². The minimum absolute atomic E-state index is 0.305. The SMILES string of the molecule is CC[C@H](C)NCCOc1ccccc1F. The van der Waals surface area contributed by atoms with E-state index >= 15 is 0 Å². The molecule has 0 bridgehead atoms. The third-order valence-corrected chi connectivity index (χ3v) is 2.30. The Morgan fingerprint density at radius 3 is 2.80 bits per heavy atom. The lowest BCUT2D eigenvalue weighted by atomic mass is 10.3. The van der Waals surface area contributed by atoms with Crippen molar-refractivity contribution < 1.29 is 9.13 Å². The molecule has 0 aromatic heterocycles. The van der Waals surface area contributed by atoms with Gasteiger partial charge in [-0.1, -0.05) is 19.1 Å². The third-order valence-electron chi connectivity index (χ3n) is 2.30. The van der Waals surface area contributed by atoms with Crippen molar-refractivity contribution in [3.8, 4) is 5.75 Å². The van der Waals surface area contributed by atoms with Gasteiger partial charge < -0.3 is 10.1 Å². The van der Waals surface area contributed by atoms with Crippen LogP contribution < -0.4 is 10.1 Å². The summed E-state index contributed by atoms with van der Waals surface area (Å²) >= 11 is 0. The Bertz CT molecular complexity index is 291. The van der Waals surface area contributed by atoms with E-state index in [0.29, 0.717) is 18.4 Å². The second kappa shape index (κ2) is 6.40. The lowest BCUT2D eigenvalue weighted by molar-refractivity contribution is 0.292. The Morgan fingerprint density at radius 2 is 2.13 bits per heavy atom. The van der Waals surface area contributed by atoms with Gasteiger partial charge >= 0.3 is 0 Å². The molecule has 1 aromatic rings. The first-order valence-corrected chi connectivity index (χ1v) is 5.34. The summed E-state index contributed by atoms with van der Waals surface area (Å²) < 4.78 is 18.4. The molecule has 1 aromatic carbocycles. The molecule has 1 atom stereocenters. The second-order valence-electron chi connectivity index (χ2n) is 3.54. The summed E-state index contributed by atoms with van der Waals surface area (Å²) in [5.41, 5.74) is 0. The fourth-order valence-electron chi connectivity index (χ4n) is 1.17. The van der Waals surface area contributed by atoms with E-state index in [9.17, 15) is 4.39 Å². The van der Waals surface area contributed by atoms with Crippen molar-refractivity contribution in [1.29, 1.82) is 0 Å². The van der Waals surface area contributed by atoms with Gasteiger partial charge in [-0.2, -0.15) is 0 Å². The molecule has 0 radical (unpaired) electrons. The Kier molecular flexibility index (Phi) is 5.12. The Labute approximate surface area is 90.4 Å². The molecule has 84 valence electrons. The lowest BCUT2D eigenvalue weighted by Gasteiger charge is -2.12. The number of halogens is 1. The van der Waals surface area contributed by atoms with Crippen molar-refractivity contribution in [1.82, 2.24) is 5.32 Å². The molecule has 0 amide bonds. The maximum absolute atomic E-state index is 13.1. The zero-order chi connectivity index (χ0) is 11.1. The summed E-state index contributed by atoms with van der Waals surface area (Å²) in [7, 11) is 0. The number of nitrogens with one attached hydrogen (secondary N) is 1. The molecule has 0 saturated heterocycles. The summed E-state index contributed by atoms with van der Waals surface area (Å²) in [5, 5.41) is 3.27. The molecule has 0 spiro atoms. The Morgan fingerprint density at radius 1 is 1.40 bits per heavy atom. The average molecular weight is 211 g/mol. The molecule has 0 aliphatic carbocycles. The summed E-state index contributed by atoms with van der Waals surface area (Å²) in [6.45, 7) is 5.47. The Hall–Kier alpha value is -1.09. The molecule has 1 rings (SSSR count). The fraction of sp³-hybridized carbons (Fsp3) is 0.500. The quantitative estimate of drug-likeness (QED) is 0.730. The summed E-state index contributed by atoms with van der Waals surface area (Å²) in [6.07, 6.45) is 1.08. The smallest absolute Gasteiger partial charge is 0.165 e. The van der Waals surface area contributed by atoms with Gasteiger partial charge in [0, 0.05) is 12.6 Å². The number of hydrogen-bond donors (Lipinski definition) is 1. The number of rotatable bonds is 6. The highest BCUT2D eigenvalue weighted by Gasteiger charge is 2.01. The highest BCUT2D eigenvalue weighted by molar-refractivity contribution is 5.23. The van der Waals surface area contributed by atoms with E-state index in [2.05, 4.69) is 19.2 Å². The molecule has 0 saturated carbocycles. The zero-order valence-corrected chi connectivity index (χ0v) is 9.29. The molecule has 0 unspecified atom stereocenters. The molecule has 0 fully saturated rings. The number of hydrogen-bond acceptors (Lipinski definition) is 2. The first kappa shape index (κ1) is 12.0. The maximum atomic E-state index is 13.1. The first-order valence-electron chi connectivity index (χ1n) is 5.34. The van der Waals surface area contributed by atoms with Gasteiger partial charge in [-0.3, -0.25) is 0 Å². The highest BCUT2D eigenvalue weighted by atomic mass is 19.1. The van der Waals surface area contributed by atoms with E-state index in [1.54, 1.807) is 18.2 Å². The van der Waals surface area contributed by atoms with Gasteiger partial charge in [-0.15, -0.1) is 0 Å². The third kappa shape index (κ3) is 4.30. The van der Waals surface area contributed by atoms with Crippen molar-refractivity contribution in [2.24, 2.45) is 0 Å². The van der Waals surface area contributed by atoms with Crippen LogP contribution in [0.3, 0.4) is 0 Å². The van der Waals surface area contributed by atoms with Gasteiger partial charge in [0.25, 0.3) is 0 Å². The van der Waals surface area contributed by atoms with Crippen LogP contribution in [0.25, 0.3) is 0 Å². The van der Waals surface area contributed by atoms with E-state index in [4.69, 9.17) is 4.74 Å². The topological polar surface area (TPSA) is 21.3 Å². The van der Waals surface area contributed by atoms with E-state index in [-0.39, 0.29) is 5.82 Å². The van der Waals surface area contributed by atoms with Crippen LogP contribution in [0, 0.1) is 5.82 Å². The van der Waals surface area contributed by atoms with Gasteiger partial charge in [-0.05, 0) is 25.5 Å². The van der Waals surface area contributed by atoms with Crippen LogP contribution in [0.4, 0.5) is 4.39 Å². The molecular formula is C12H18FNO. The predicted octanol–water partition coefficient (Wildman–Crippen LogP) is 2.59. The van der Waals surface area contributed by atoms with E-state index in [1.807, 2.05) is 0 Å². The van der Waals surface area contributed by atoms with Crippen LogP contribution in [0.1, 0.15) is 20.3 Å². The molecule has 0 aliphatic heterocycles. The largest absolute Gasteiger partial charge is 0.489 e. The molecule has 0 aliphatic rings. The van der Waals surface area contributed by atoms with Crippen molar-refractivity contribution >= 4 is 0 Å². The van der Waals surface area contributed by atoms with Gasteiger partial charge in [0.2, 0.25) is 0 Å². The fourth-order valence-corrected chi connectivity index (χ4v) is 1.17. The van der Waals surface area contributed by atoms with Crippen LogP contribution in [-0.2, 0) is 0 Å². The minimum Gasteiger partial charge on any atom is -0.489 e. The van der Waals surface area contributed by atoms with Gasteiger partial charge in [0.1, 0.15) is 6.61 Å². The standard InChI is InChI=1S/C12H18FNO/c1-3-10(2)14-8-9-15-12-7-5-4-6-11(12)13/h4-7,10,14H,3,8-9H2,1-2H3/t10-/m0/s1. The predicted molar refractivity (Wildman–Crippen MR) is 59.7 cm³/mol. The molecule has 0 heterocycles. The molecule has 3 heteroatoms. The maximum Gasteiger partial charge on any atom is 0.165 e. The second-order valence-corrected chi connectivity index (χ2v) is 3.54. The lowest BCUT2D eigenvalue weighted by Crippen LogP contribution is -2.29. The summed E-state index contributed by atoms with van der Waals surface area (Å²) in [5.74, 6) is 0.0180. The Balaban J connectivity index is 2.23. The van der Waals surface area contributed by atoms with E-state index < -0.39 is 0 Å². The van der Waals surface area contributed by atoms with Crippen molar-refractivity contribution in [3.63, 3.8) is 0 Å². The number of benzene rings is 1. The van der Waals surface area contributed by atoms with Gasteiger partial charge in [0.05, 0.1) is 0 Å².